The predicted molar refractivity (Wildman–Crippen MR) is 89.8 cm³/mol. The van der Waals surface area contributed by atoms with Gasteiger partial charge in [0.2, 0.25) is 0 Å². The Kier molecular flexibility index (Phi) is 9.29. The van der Waals surface area contributed by atoms with Crippen molar-refractivity contribution in [3.05, 3.63) is 0 Å². The number of carbonyl (C=O) groups is 4. The SMILES string of the molecule is COCC(OC(C)=O)C1OC(OC)C(OC(C)=O)C(OC(C)=O)C1OC(C)=O. The van der Waals surface area contributed by atoms with Crippen LogP contribution in [0.4, 0.5) is 0 Å². The van der Waals surface area contributed by atoms with Gasteiger partial charge < -0.3 is 33.2 Å². The molecule has 1 aliphatic rings. The van der Waals surface area contributed by atoms with Gasteiger partial charge in [-0.1, -0.05) is 0 Å². The van der Waals surface area contributed by atoms with Crippen molar-refractivity contribution >= 4 is 23.9 Å². The molecule has 0 amide bonds. The molecule has 1 saturated heterocycles. The van der Waals surface area contributed by atoms with Gasteiger partial charge in [0.15, 0.2) is 30.7 Å². The molecule has 0 aromatic heterocycles. The topological polar surface area (TPSA) is 133 Å². The number of carbonyl (C=O) groups excluding carboxylic acids is 4. The van der Waals surface area contributed by atoms with Gasteiger partial charge in [0.05, 0.1) is 6.61 Å². The molecule has 0 aromatic rings. The predicted octanol–water partition coefficient (Wildman–Crippen LogP) is -0.269. The van der Waals surface area contributed by atoms with E-state index in [0.29, 0.717) is 0 Å². The maximum absolute atomic E-state index is 11.7. The van der Waals surface area contributed by atoms with Gasteiger partial charge in [-0.25, -0.2) is 0 Å². The van der Waals surface area contributed by atoms with Crippen LogP contribution in [0.1, 0.15) is 27.7 Å². The Morgan fingerprint density at radius 2 is 1.29 bits per heavy atom. The van der Waals surface area contributed by atoms with E-state index in [4.69, 9.17) is 33.2 Å². The van der Waals surface area contributed by atoms with Gasteiger partial charge in [0.1, 0.15) is 6.10 Å². The molecule has 160 valence electrons. The number of methoxy groups -OCH3 is 2. The number of ether oxygens (including phenoxy) is 7. The highest BCUT2D eigenvalue weighted by atomic mass is 16.7. The Balaban J connectivity index is 3.38. The second-order valence-corrected chi connectivity index (χ2v) is 6.03. The average Bonchev–Trinajstić information content (AvgIpc) is 2.56. The van der Waals surface area contributed by atoms with E-state index in [2.05, 4.69) is 0 Å². The van der Waals surface area contributed by atoms with Gasteiger partial charge >= 0.3 is 23.9 Å². The van der Waals surface area contributed by atoms with Gasteiger partial charge in [-0.2, -0.15) is 0 Å². The first kappa shape index (κ1) is 23.8. The highest BCUT2D eigenvalue weighted by molar-refractivity contribution is 5.68. The summed E-state index contributed by atoms with van der Waals surface area (Å²) in [7, 11) is 2.66. The Bertz CT molecular complexity index is 575. The molecule has 6 atom stereocenters. The Morgan fingerprint density at radius 3 is 1.71 bits per heavy atom. The molecule has 1 fully saturated rings. The van der Waals surface area contributed by atoms with E-state index < -0.39 is 60.7 Å². The Labute approximate surface area is 162 Å². The van der Waals surface area contributed by atoms with Gasteiger partial charge in [-0.3, -0.25) is 19.2 Å². The smallest absolute Gasteiger partial charge is 0.303 e. The van der Waals surface area contributed by atoms with E-state index in [-0.39, 0.29) is 6.61 Å². The molecule has 1 rings (SSSR count). The third kappa shape index (κ3) is 6.73. The van der Waals surface area contributed by atoms with Crippen molar-refractivity contribution in [2.24, 2.45) is 0 Å². The molecule has 11 heteroatoms. The maximum Gasteiger partial charge on any atom is 0.303 e. The molecule has 11 nitrogen and oxygen atoms in total. The van der Waals surface area contributed by atoms with Crippen molar-refractivity contribution in [2.45, 2.75) is 64.5 Å². The molecule has 28 heavy (non-hydrogen) atoms. The summed E-state index contributed by atoms with van der Waals surface area (Å²) in [6.07, 6.45) is -7.12. The minimum Gasteiger partial charge on any atom is -0.457 e. The van der Waals surface area contributed by atoms with Crippen LogP contribution >= 0.6 is 0 Å². The quantitative estimate of drug-likeness (QED) is 0.389. The van der Waals surface area contributed by atoms with Crippen molar-refractivity contribution < 1.29 is 52.3 Å². The van der Waals surface area contributed by atoms with Gasteiger partial charge in [-0.05, 0) is 0 Å². The maximum atomic E-state index is 11.7. The lowest BCUT2D eigenvalue weighted by Gasteiger charge is -2.45. The van der Waals surface area contributed by atoms with Crippen LogP contribution in [0.3, 0.4) is 0 Å². The van der Waals surface area contributed by atoms with Crippen LogP contribution in [0.5, 0.6) is 0 Å². The average molecular weight is 406 g/mol. The van der Waals surface area contributed by atoms with Crippen molar-refractivity contribution in [1.29, 1.82) is 0 Å². The number of hydrogen-bond donors (Lipinski definition) is 0. The molecule has 0 spiro atoms. The summed E-state index contributed by atoms with van der Waals surface area (Å²) in [5.74, 6) is -2.76. The zero-order valence-electron chi connectivity index (χ0n) is 16.7. The van der Waals surface area contributed by atoms with Crippen LogP contribution in [-0.2, 0) is 52.3 Å². The van der Waals surface area contributed by atoms with E-state index >= 15 is 0 Å². The first-order valence-electron chi connectivity index (χ1n) is 8.46. The standard InChI is InChI=1S/C17H26O11/c1-8(18)24-12(7-22-5)13-14(25-9(2)19)15(26-10(3)20)16(27-11(4)21)17(23-6)28-13/h12-17H,7H2,1-6H3. The monoisotopic (exact) mass is 406 g/mol. The van der Waals surface area contributed by atoms with Crippen LogP contribution < -0.4 is 0 Å². The summed E-state index contributed by atoms with van der Waals surface area (Å²) < 4.78 is 37.0. The van der Waals surface area contributed by atoms with Gasteiger partial charge in [-0.15, -0.1) is 0 Å². The van der Waals surface area contributed by atoms with Crippen LogP contribution in [-0.4, -0.2) is 81.5 Å². The van der Waals surface area contributed by atoms with Gasteiger partial charge in [0.25, 0.3) is 0 Å². The Morgan fingerprint density at radius 1 is 0.786 bits per heavy atom. The zero-order chi connectivity index (χ0) is 21.4. The molecule has 0 saturated carbocycles. The minimum absolute atomic E-state index is 0.108. The lowest BCUT2D eigenvalue weighted by atomic mass is 9.94. The van der Waals surface area contributed by atoms with Crippen molar-refractivity contribution in [1.82, 2.24) is 0 Å². The van der Waals surface area contributed by atoms with Gasteiger partial charge in [0, 0.05) is 41.9 Å². The molecular formula is C17H26O11. The van der Waals surface area contributed by atoms with Crippen LogP contribution in [0, 0.1) is 0 Å². The van der Waals surface area contributed by atoms with E-state index in [1.54, 1.807) is 0 Å². The third-order valence-corrected chi connectivity index (χ3v) is 3.68. The van der Waals surface area contributed by atoms with Crippen molar-refractivity contribution in [2.75, 3.05) is 20.8 Å². The first-order valence-corrected chi connectivity index (χ1v) is 8.46. The second-order valence-electron chi connectivity index (χ2n) is 6.03. The number of rotatable bonds is 8. The third-order valence-electron chi connectivity index (χ3n) is 3.68. The first-order chi connectivity index (χ1) is 13.1. The van der Waals surface area contributed by atoms with E-state index in [0.717, 1.165) is 20.8 Å². The molecule has 6 unspecified atom stereocenters. The fraction of sp³-hybridized carbons (Fsp3) is 0.765. The van der Waals surface area contributed by atoms with E-state index in [9.17, 15) is 19.2 Å². The summed E-state index contributed by atoms with van der Waals surface area (Å²) in [5.41, 5.74) is 0. The Hall–Kier alpha value is -2.24. The van der Waals surface area contributed by atoms with Crippen LogP contribution in [0.25, 0.3) is 0 Å². The largest absolute Gasteiger partial charge is 0.457 e. The summed E-state index contributed by atoms with van der Waals surface area (Å²) in [6, 6.07) is 0. The lowest BCUT2D eigenvalue weighted by molar-refractivity contribution is -0.312. The van der Waals surface area contributed by atoms with E-state index in [1.165, 1.54) is 21.1 Å². The summed E-state index contributed by atoms with van der Waals surface area (Å²) in [5, 5.41) is 0. The molecule has 1 aliphatic heterocycles. The molecule has 0 aromatic carbocycles. The van der Waals surface area contributed by atoms with Crippen molar-refractivity contribution in [3.63, 3.8) is 0 Å². The number of hydrogen-bond acceptors (Lipinski definition) is 11. The van der Waals surface area contributed by atoms with Crippen LogP contribution in [0.15, 0.2) is 0 Å². The molecule has 0 N–H and O–H groups in total. The van der Waals surface area contributed by atoms with Crippen LogP contribution in [0.2, 0.25) is 0 Å². The summed E-state index contributed by atoms with van der Waals surface area (Å²) in [6.45, 7) is 4.51. The van der Waals surface area contributed by atoms with E-state index in [1.807, 2.05) is 0 Å². The molecule has 0 aliphatic carbocycles. The fourth-order valence-electron chi connectivity index (χ4n) is 2.87. The molecule has 0 radical (unpaired) electrons. The highest BCUT2D eigenvalue weighted by Crippen LogP contribution is 2.31. The molecular weight excluding hydrogens is 380 g/mol. The summed E-state index contributed by atoms with van der Waals surface area (Å²) >= 11 is 0. The normalized spacial score (nSPS) is 28.0. The molecule has 1 heterocycles. The summed E-state index contributed by atoms with van der Waals surface area (Å²) in [4.78, 5) is 46.3. The zero-order valence-corrected chi connectivity index (χ0v) is 16.7. The minimum atomic E-state index is -1.27. The van der Waals surface area contributed by atoms with Crippen molar-refractivity contribution in [3.8, 4) is 0 Å². The fourth-order valence-corrected chi connectivity index (χ4v) is 2.87. The highest BCUT2D eigenvalue weighted by Gasteiger charge is 2.55. The molecule has 0 bridgehead atoms. The second kappa shape index (κ2) is 10.9. The lowest BCUT2D eigenvalue weighted by Crippen LogP contribution is -2.65. The number of esters is 4.